The van der Waals surface area contributed by atoms with E-state index in [4.69, 9.17) is 10.7 Å². The van der Waals surface area contributed by atoms with E-state index >= 15 is 0 Å². The molecule has 0 radical (unpaired) electrons. The SMILES string of the molecule is CC(C)(C)C(N)Cc1nc2ccccc2n1C1CC1. The molecule has 0 saturated heterocycles. The van der Waals surface area contributed by atoms with Crippen molar-refractivity contribution in [2.75, 3.05) is 0 Å². The monoisotopic (exact) mass is 257 g/mol. The van der Waals surface area contributed by atoms with E-state index in [1.807, 2.05) is 0 Å². The van der Waals surface area contributed by atoms with Gasteiger partial charge < -0.3 is 10.3 Å². The Morgan fingerprint density at radius 1 is 1.32 bits per heavy atom. The highest BCUT2D eigenvalue weighted by Gasteiger charge is 2.30. The molecule has 3 heteroatoms. The first kappa shape index (κ1) is 12.7. The molecule has 1 atom stereocenters. The average Bonchev–Trinajstić information content (AvgIpc) is 3.09. The fourth-order valence-electron chi connectivity index (χ4n) is 2.48. The first-order valence-corrected chi connectivity index (χ1v) is 7.18. The number of aromatic nitrogens is 2. The molecule has 1 aliphatic rings. The highest BCUT2D eigenvalue weighted by atomic mass is 15.1. The van der Waals surface area contributed by atoms with Crippen molar-refractivity contribution in [3.8, 4) is 0 Å². The number of nitrogens with zero attached hydrogens (tertiary/aromatic N) is 2. The van der Waals surface area contributed by atoms with Crippen LogP contribution in [0.25, 0.3) is 11.0 Å². The zero-order valence-electron chi connectivity index (χ0n) is 12.1. The van der Waals surface area contributed by atoms with Crippen LogP contribution in [0, 0.1) is 5.41 Å². The predicted molar refractivity (Wildman–Crippen MR) is 79.1 cm³/mol. The number of hydrogen-bond acceptors (Lipinski definition) is 2. The number of nitrogens with two attached hydrogens (primary N) is 1. The summed E-state index contributed by atoms with van der Waals surface area (Å²) in [5.74, 6) is 1.16. The number of para-hydroxylation sites is 2. The zero-order valence-corrected chi connectivity index (χ0v) is 12.1. The number of imidazole rings is 1. The summed E-state index contributed by atoms with van der Waals surface area (Å²) < 4.78 is 2.42. The molecule has 1 aromatic carbocycles. The van der Waals surface area contributed by atoms with E-state index in [2.05, 4.69) is 49.6 Å². The van der Waals surface area contributed by atoms with Crippen LogP contribution in [0.1, 0.15) is 45.5 Å². The second-order valence-corrected chi connectivity index (χ2v) is 6.79. The summed E-state index contributed by atoms with van der Waals surface area (Å²) in [7, 11) is 0. The van der Waals surface area contributed by atoms with Gasteiger partial charge in [-0.2, -0.15) is 0 Å². The van der Waals surface area contributed by atoms with E-state index in [9.17, 15) is 0 Å². The molecule has 1 heterocycles. The van der Waals surface area contributed by atoms with Gasteiger partial charge in [-0.25, -0.2) is 4.98 Å². The second-order valence-electron chi connectivity index (χ2n) is 6.79. The van der Waals surface area contributed by atoms with Crippen LogP contribution in [0.3, 0.4) is 0 Å². The molecule has 1 saturated carbocycles. The third kappa shape index (κ3) is 2.39. The number of rotatable bonds is 3. The molecule has 19 heavy (non-hydrogen) atoms. The minimum atomic E-state index is 0.118. The lowest BCUT2D eigenvalue weighted by atomic mass is 9.85. The van der Waals surface area contributed by atoms with Gasteiger partial charge in [0, 0.05) is 18.5 Å². The van der Waals surface area contributed by atoms with Crippen LogP contribution in [0.15, 0.2) is 24.3 Å². The predicted octanol–water partition coefficient (Wildman–Crippen LogP) is 3.29. The molecule has 0 spiro atoms. The summed E-state index contributed by atoms with van der Waals surface area (Å²) in [6, 6.07) is 9.21. The maximum Gasteiger partial charge on any atom is 0.111 e. The molecule has 1 aromatic heterocycles. The minimum Gasteiger partial charge on any atom is -0.327 e. The molecule has 0 amide bonds. The Morgan fingerprint density at radius 2 is 2.00 bits per heavy atom. The van der Waals surface area contributed by atoms with Gasteiger partial charge in [-0.05, 0) is 30.4 Å². The molecule has 0 bridgehead atoms. The fraction of sp³-hybridized carbons (Fsp3) is 0.562. The number of benzene rings is 1. The van der Waals surface area contributed by atoms with E-state index in [0.717, 1.165) is 17.8 Å². The Kier molecular flexibility index (Phi) is 2.90. The van der Waals surface area contributed by atoms with E-state index < -0.39 is 0 Å². The quantitative estimate of drug-likeness (QED) is 0.917. The van der Waals surface area contributed by atoms with Gasteiger partial charge in [-0.15, -0.1) is 0 Å². The van der Waals surface area contributed by atoms with Crippen LogP contribution < -0.4 is 5.73 Å². The van der Waals surface area contributed by atoms with Crippen LogP contribution >= 0.6 is 0 Å². The van der Waals surface area contributed by atoms with Crippen LogP contribution in [-0.2, 0) is 6.42 Å². The largest absolute Gasteiger partial charge is 0.327 e. The van der Waals surface area contributed by atoms with Crippen molar-refractivity contribution in [1.82, 2.24) is 9.55 Å². The van der Waals surface area contributed by atoms with Crippen molar-refractivity contribution in [1.29, 1.82) is 0 Å². The zero-order chi connectivity index (χ0) is 13.6. The second kappa shape index (κ2) is 4.34. The third-order valence-electron chi connectivity index (χ3n) is 4.10. The van der Waals surface area contributed by atoms with Crippen LogP contribution in [0.4, 0.5) is 0 Å². The van der Waals surface area contributed by atoms with Crippen molar-refractivity contribution in [3.05, 3.63) is 30.1 Å². The summed E-state index contributed by atoms with van der Waals surface area (Å²) in [5, 5.41) is 0. The normalized spacial score (nSPS) is 17.9. The van der Waals surface area contributed by atoms with Crippen molar-refractivity contribution < 1.29 is 0 Å². The first-order chi connectivity index (χ1) is 8.97. The van der Waals surface area contributed by atoms with Gasteiger partial charge in [0.2, 0.25) is 0 Å². The highest BCUT2D eigenvalue weighted by molar-refractivity contribution is 5.76. The lowest BCUT2D eigenvalue weighted by Crippen LogP contribution is -2.37. The maximum atomic E-state index is 6.34. The molecule has 1 fully saturated rings. The number of hydrogen-bond donors (Lipinski definition) is 1. The summed E-state index contributed by atoms with van der Waals surface area (Å²) in [6.45, 7) is 6.59. The molecular weight excluding hydrogens is 234 g/mol. The van der Waals surface area contributed by atoms with E-state index in [1.165, 1.54) is 18.4 Å². The topological polar surface area (TPSA) is 43.8 Å². The summed E-state index contributed by atoms with van der Waals surface area (Å²) in [6.07, 6.45) is 3.41. The van der Waals surface area contributed by atoms with Crippen molar-refractivity contribution in [3.63, 3.8) is 0 Å². The van der Waals surface area contributed by atoms with Crippen LogP contribution in [0.5, 0.6) is 0 Å². The Bertz CT molecular complexity index is 588. The lowest BCUT2D eigenvalue weighted by Gasteiger charge is -2.27. The van der Waals surface area contributed by atoms with Gasteiger partial charge in [-0.1, -0.05) is 32.9 Å². The summed E-state index contributed by atoms with van der Waals surface area (Å²) in [4.78, 5) is 4.81. The lowest BCUT2D eigenvalue weighted by molar-refractivity contribution is 0.313. The molecule has 0 aliphatic heterocycles. The highest BCUT2D eigenvalue weighted by Crippen LogP contribution is 2.39. The molecule has 2 N–H and O–H groups in total. The summed E-state index contributed by atoms with van der Waals surface area (Å²) in [5.41, 5.74) is 8.83. The molecule has 1 unspecified atom stereocenters. The Morgan fingerprint density at radius 3 is 2.63 bits per heavy atom. The van der Waals surface area contributed by atoms with Crippen molar-refractivity contribution in [2.24, 2.45) is 11.1 Å². The van der Waals surface area contributed by atoms with Gasteiger partial charge in [0.1, 0.15) is 5.82 Å². The Labute approximate surface area is 114 Å². The van der Waals surface area contributed by atoms with Crippen LogP contribution in [0.2, 0.25) is 0 Å². The molecular formula is C16H23N3. The van der Waals surface area contributed by atoms with Gasteiger partial charge in [0.25, 0.3) is 0 Å². The van der Waals surface area contributed by atoms with Gasteiger partial charge in [0.15, 0.2) is 0 Å². The van der Waals surface area contributed by atoms with Gasteiger partial charge in [-0.3, -0.25) is 0 Å². The van der Waals surface area contributed by atoms with Crippen molar-refractivity contribution in [2.45, 2.75) is 52.1 Å². The van der Waals surface area contributed by atoms with Crippen molar-refractivity contribution >= 4 is 11.0 Å². The van der Waals surface area contributed by atoms with E-state index in [-0.39, 0.29) is 11.5 Å². The molecule has 1 aliphatic carbocycles. The fourth-order valence-corrected chi connectivity index (χ4v) is 2.48. The Hall–Kier alpha value is -1.35. The third-order valence-corrected chi connectivity index (χ3v) is 4.10. The van der Waals surface area contributed by atoms with E-state index in [0.29, 0.717) is 6.04 Å². The standard InChI is InChI=1S/C16H23N3/c1-16(2,3)14(17)10-15-18-12-6-4-5-7-13(12)19(15)11-8-9-11/h4-7,11,14H,8-10,17H2,1-3H3. The minimum absolute atomic E-state index is 0.118. The van der Waals surface area contributed by atoms with Gasteiger partial charge >= 0.3 is 0 Å². The summed E-state index contributed by atoms with van der Waals surface area (Å²) >= 11 is 0. The molecule has 3 rings (SSSR count). The molecule has 2 aromatic rings. The average molecular weight is 257 g/mol. The van der Waals surface area contributed by atoms with E-state index in [1.54, 1.807) is 0 Å². The van der Waals surface area contributed by atoms with Gasteiger partial charge in [0.05, 0.1) is 11.0 Å². The molecule has 102 valence electrons. The molecule has 3 nitrogen and oxygen atoms in total. The maximum absolute atomic E-state index is 6.34. The van der Waals surface area contributed by atoms with Crippen LogP contribution in [-0.4, -0.2) is 15.6 Å². The first-order valence-electron chi connectivity index (χ1n) is 7.18. The number of fused-ring (bicyclic) bond motifs is 1. The Balaban J connectivity index is 2.01. The smallest absolute Gasteiger partial charge is 0.111 e.